The fraction of sp³-hybridized carbons (Fsp3) is 0.600. The first kappa shape index (κ1) is 17.0. The summed E-state index contributed by atoms with van der Waals surface area (Å²) in [5.41, 5.74) is 1.42. The molecule has 130 valence electrons. The summed E-state index contributed by atoms with van der Waals surface area (Å²) >= 11 is 0. The molecule has 1 aliphatic carbocycles. The highest BCUT2D eigenvalue weighted by Gasteiger charge is 2.37. The molecule has 1 aromatic carbocycles. The van der Waals surface area contributed by atoms with Gasteiger partial charge in [-0.25, -0.2) is 0 Å². The smallest absolute Gasteiger partial charge is 0.308 e. The summed E-state index contributed by atoms with van der Waals surface area (Å²) in [6, 6.07) is 10.6. The molecule has 1 amide bonds. The summed E-state index contributed by atoms with van der Waals surface area (Å²) in [5, 5.41) is 9.20. The number of benzene rings is 1. The third-order valence-electron chi connectivity index (χ3n) is 5.86. The molecule has 24 heavy (non-hydrogen) atoms. The number of rotatable bonds is 4. The van der Waals surface area contributed by atoms with Crippen LogP contribution < -0.4 is 0 Å². The maximum atomic E-state index is 12.5. The van der Waals surface area contributed by atoms with E-state index in [9.17, 15) is 14.7 Å². The van der Waals surface area contributed by atoms with Gasteiger partial charge in [0.2, 0.25) is 5.91 Å². The highest BCUT2D eigenvalue weighted by molar-refractivity contribution is 5.79. The van der Waals surface area contributed by atoms with Crippen molar-refractivity contribution in [1.29, 1.82) is 0 Å². The van der Waals surface area contributed by atoms with Gasteiger partial charge >= 0.3 is 5.97 Å². The number of carbonyl (C=O) groups is 2. The monoisotopic (exact) mass is 329 g/mol. The van der Waals surface area contributed by atoms with E-state index in [1.54, 1.807) is 4.90 Å². The highest BCUT2D eigenvalue weighted by atomic mass is 16.4. The molecule has 1 saturated carbocycles. The largest absolute Gasteiger partial charge is 0.481 e. The molecule has 1 N–H and O–H groups in total. The molecular weight excluding hydrogens is 302 g/mol. The van der Waals surface area contributed by atoms with E-state index >= 15 is 0 Å². The van der Waals surface area contributed by atoms with Crippen molar-refractivity contribution in [3.8, 4) is 0 Å². The van der Waals surface area contributed by atoms with Crippen molar-refractivity contribution in [2.75, 3.05) is 13.1 Å². The first-order chi connectivity index (χ1) is 11.5. The van der Waals surface area contributed by atoms with Crippen LogP contribution in [0.4, 0.5) is 0 Å². The predicted octanol–water partition coefficient (Wildman–Crippen LogP) is 3.53. The molecule has 0 radical (unpaired) electrons. The molecule has 2 atom stereocenters. The molecule has 1 heterocycles. The van der Waals surface area contributed by atoms with E-state index in [0.717, 1.165) is 25.7 Å². The summed E-state index contributed by atoms with van der Waals surface area (Å²) < 4.78 is 0. The van der Waals surface area contributed by atoms with Crippen molar-refractivity contribution in [2.24, 2.45) is 17.8 Å². The fourth-order valence-corrected chi connectivity index (χ4v) is 4.29. The van der Waals surface area contributed by atoms with Gasteiger partial charge in [-0.1, -0.05) is 37.3 Å². The summed E-state index contributed by atoms with van der Waals surface area (Å²) in [7, 11) is 0. The second-order valence-electron chi connectivity index (χ2n) is 7.55. The molecule has 0 spiro atoms. The average molecular weight is 329 g/mol. The number of nitrogens with zero attached hydrogens (tertiary/aromatic N) is 1. The Balaban J connectivity index is 1.48. The normalized spacial score (nSPS) is 30.3. The van der Waals surface area contributed by atoms with E-state index in [2.05, 4.69) is 30.3 Å². The average Bonchev–Trinajstić information content (AvgIpc) is 2.99. The van der Waals surface area contributed by atoms with Gasteiger partial charge < -0.3 is 10.0 Å². The number of carbonyl (C=O) groups excluding carboxylic acids is 1. The van der Waals surface area contributed by atoms with Crippen LogP contribution in [0, 0.1) is 17.8 Å². The van der Waals surface area contributed by atoms with E-state index in [1.165, 1.54) is 5.56 Å². The third kappa shape index (κ3) is 3.80. The van der Waals surface area contributed by atoms with E-state index in [0.29, 0.717) is 31.3 Å². The fourth-order valence-electron chi connectivity index (χ4n) is 4.29. The Kier molecular flexibility index (Phi) is 5.22. The molecule has 4 nitrogen and oxygen atoms in total. The molecule has 1 aliphatic heterocycles. The van der Waals surface area contributed by atoms with Gasteiger partial charge in [0.05, 0.1) is 5.92 Å². The van der Waals surface area contributed by atoms with Crippen LogP contribution in [-0.2, 0) is 9.59 Å². The van der Waals surface area contributed by atoms with Crippen molar-refractivity contribution in [2.45, 2.75) is 44.9 Å². The lowest BCUT2D eigenvalue weighted by Crippen LogP contribution is -2.32. The number of aliphatic carboxylic acids is 1. The number of carboxylic acid groups (broad SMARTS) is 1. The van der Waals surface area contributed by atoms with Crippen molar-refractivity contribution >= 4 is 11.9 Å². The maximum absolute atomic E-state index is 12.5. The first-order valence-corrected chi connectivity index (χ1v) is 9.10. The minimum Gasteiger partial charge on any atom is -0.481 e. The van der Waals surface area contributed by atoms with Crippen LogP contribution in [0.15, 0.2) is 30.3 Å². The Bertz CT molecular complexity index is 578. The maximum Gasteiger partial charge on any atom is 0.308 e. The van der Waals surface area contributed by atoms with Crippen molar-refractivity contribution in [3.63, 3.8) is 0 Å². The van der Waals surface area contributed by atoms with Gasteiger partial charge in [-0.3, -0.25) is 9.59 Å². The van der Waals surface area contributed by atoms with Crippen LogP contribution in [0.25, 0.3) is 0 Å². The number of likely N-dealkylation sites (tertiary alicyclic amines) is 1. The van der Waals surface area contributed by atoms with Gasteiger partial charge in [-0.2, -0.15) is 0 Å². The molecule has 2 fully saturated rings. The number of hydrogen-bond donors (Lipinski definition) is 1. The van der Waals surface area contributed by atoms with E-state index in [4.69, 9.17) is 0 Å². The van der Waals surface area contributed by atoms with Crippen LogP contribution >= 0.6 is 0 Å². The lowest BCUT2D eigenvalue weighted by molar-refractivity contribution is -0.142. The molecule has 0 unspecified atom stereocenters. The Labute approximate surface area is 143 Å². The highest BCUT2D eigenvalue weighted by Crippen LogP contribution is 2.37. The van der Waals surface area contributed by atoms with E-state index in [1.807, 2.05) is 6.92 Å². The molecule has 4 heteroatoms. The third-order valence-corrected chi connectivity index (χ3v) is 5.86. The Hall–Kier alpha value is -1.84. The van der Waals surface area contributed by atoms with E-state index in [-0.39, 0.29) is 11.8 Å². The molecule has 1 aromatic rings. The van der Waals surface area contributed by atoms with Gasteiger partial charge in [-0.05, 0) is 49.0 Å². The van der Waals surface area contributed by atoms with Gasteiger partial charge in [0.25, 0.3) is 0 Å². The number of hydrogen-bond acceptors (Lipinski definition) is 2. The molecule has 0 aromatic heterocycles. The summed E-state index contributed by atoms with van der Waals surface area (Å²) in [5.74, 6) is 0.107. The zero-order valence-electron chi connectivity index (χ0n) is 14.4. The predicted molar refractivity (Wildman–Crippen MR) is 92.6 cm³/mol. The molecule has 0 bridgehead atoms. The van der Waals surface area contributed by atoms with Gasteiger partial charge in [0, 0.05) is 19.5 Å². The van der Waals surface area contributed by atoms with Crippen molar-refractivity contribution < 1.29 is 14.7 Å². The van der Waals surface area contributed by atoms with Crippen LogP contribution in [-0.4, -0.2) is 35.0 Å². The second kappa shape index (κ2) is 7.37. The quantitative estimate of drug-likeness (QED) is 0.919. The number of amides is 1. The summed E-state index contributed by atoms with van der Waals surface area (Å²) in [4.78, 5) is 25.5. The summed E-state index contributed by atoms with van der Waals surface area (Å²) in [6.45, 7) is 2.90. The van der Waals surface area contributed by atoms with Crippen LogP contribution in [0.5, 0.6) is 0 Å². The van der Waals surface area contributed by atoms with Crippen molar-refractivity contribution in [1.82, 2.24) is 4.90 Å². The van der Waals surface area contributed by atoms with Crippen LogP contribution in [0.3, 0.4) is 0 Å². The molecular formula is C20H27NO3. The molecule has 1 saturated heterocycles. The Morgan fingerprint density at radius 1 is 1.08 bits per heavy atom. The second-order valence-corrected chi connectivity index (χ2v) is 7.55. The van der Waals surface area contributed by atoms with E-state index < -0.39 is 11.9 Å². The topological polar surface area (TPSA) is 57.6 Å². The lowest BCUT2D eigenvalue weighted by atomic mass is 9.77. The Morgan fingerprint density at radius 3 is 2.33 bits per heavy atom. The SMILES string of the molecule is C[C@@H]1CN(C(=O)CC2CCC(c3ccccc3)CC2)C[C@H]1C(=O)O. The van der Waals surface area contributed by atoms with Gasteiger partial charge in [-0.15, -0.1) is 0 Å². The van der Waals surface area contributed by atoms with Crippen LogP contribution in [0.1, 0.15) is 50.5 Å². The minimum atomic E-state index is -0.777. The molecule has 3 rings (SSSR count). The van der Waals surface area contributed by atoms with Gasteiger partial charge in [0.1, 0.15) is 0 Å². The first-order valence-electron chi connectivity index (χ1n) is 9.10. The zero-order chi connectivity index (χ0) is 17.1. The van der Waals surface area contributed by atoms with Gasteiger partial charge in [0.15, 0.2) is 0 Å². The minimum absolute atomic E-state index is 0.0558. The molecule has 2 aliphatic rings. The van der Waals surface area contributed by atoms with Crippen molar-refractivity contribution in [3.05, 3.63) is 35.9 Å². The lowest BCUT2D eigenvalue weighted by Gasteiger charge is -2.29. The van der Waals surface area contributed by atoms with Crippen LogP contribution in [0.2, 0.25) is 0 Å². The number of carboxylic acids is 1. The summed E-state index contributed by atoms with van der Waals surface area (Å²) in [6.07, 6.45) is 5.07. The standard InChI is InChI=1S/C20H27NO3/c1-14-12-21(13-18(14)20(23)24)19(22)11-15-7-9-17(10-8-15)16-5-3-2-4-6-16/h2-6,14-15,17-18H,7-13H2,1H3,(H,23,24)/t14-,15?,17?,18-/m1/s1. The Morgan fingerprint density at radius 2 is 1.75 bits per heavy atom. The zero-order valence-corrected chi connectivity index (χ0v) is 14.4.